The average molecular weight is 159 g/mol. The van der Waals surface area contributed by atoms with Crippen LogP contribution in [-0.2, 0) is 0 Å². The summed E-state index contributed by atoms with van der Waals surface area (Å²) in [5, 5.41) is 0. The SMILES string of the molecule is CCN(C)CC1(F)CCCC1. The Morgan fingerprint density at radius 2 is 1.91 bits per heavy atom. The highest BCUT2D eigenvalue weighted by molar-refractivity contribution is 4.86. The quantitative estimate of drug-likeness (QED) is 0.610. The zero-order chi connectivity index (χ0) is 8.32. The first kappa shape index (κ1) is 8.98. The van der Waals surface area contributed by atoms with Gasteiger partial charge >= 0.3 is 0 Å². The Hall–Kier alpha value is -0.110. The Bertz CT molecular complexity index is 119. The van der Waals surface area contributed by atoms with Crippen molar-refractivity contribution < 1.29 is 4.39 Å². The van der Waals surface area contributed by atoms with E-state index in [0.29, 0.717) is 6.54 Å². The van der Waals surface area contributed by atoms with Gasteiger partial charge in [-0.25, -0.2) is 4.39 Å². The fourth-order valence-corrected chi connectivity index (χ4v) is 1.76. The predicted molar refractivity (Wildman–Crippen MR) is 45.5 cm³/mol. The Morgan fingerprint density at radius 1 is 1.36 bits per heavy atom. The molecule has 1 fully saturated rings. The number of hydrogen-bond acceptors (Lipinski definition) is 1. The highest BCUT2D eigenvalue weighted by atomic mass is 19.1. The van der Waals surface area contributed by atoms with E-state index >= 15 is 0 Å². The minimum absolute atomic E-state index is 0.628. The van der Waals surface area contributed by atoms with E-state index in [1.807, 2.05) is 7.05 Å². The van der Waals surface area contributed by atoms with Crippen LogP contribution in [0.2, 0.25) is 0 Å². The number of hydrogen-bond donors (Lipinski definition) is 0. The lowest BCUT2D eigenvalue weighted by Crippen LogP contribution is -2.35. The van der Waals surface area contributed by atoms with Gasteiger partial charge < -0.3 is 4.90 Å². The van der Waals surface area contributed by atoms with Gasteiger partial charge in [0.1, 0.15) is 5.67 Å². The maximum atomic E-state index is 13.7. The van der Waals surface area contributed by atoms with Crippen LogP contribution in [0.3, 0.4) is 0 Å². The minimum Gasteiger partial charge on any atom is -0.303 e. The highest BCUT2D eigenvalue weighted by Gasteiger charge is 2.34. The molecule has 2 heteroatoms. The molecule has 1 aliphatic carbocycles. The largest absolute Gasteiger partial charge is 0.303 e. The molecule has 0 aromatic heterocycles. The summed E-state index contributed by atoms with van der Waals surface area (Å²) in [7, 11) is 1.99. The van der Waals surface area contributed by atoms with Crippen molar-refractivity contribution in [2.45, 2.75) is 38.3 Å². The Kier molecular flexibility index (Phi) is 2.88. The molecule has 66 valence electrons. The molecule has 0 aliphatic heterocycles. The molecule has 1 rings (SSSR count). The van der Waals surface area contributed by atoms with Crippen molar-refractivity contribution in [2.75, 3.05) is 20.1 Å². The van der Waals surface area contributed by atoms with E-state index in [9.17, 15) is 4.39 Å². The van der Waals surface area contributed by atoms with Gasteiger partial charge in [0.2, 0.25) is 0 Å². The maximum absolute atomic E-state index is 13.7. The van der Waals surface area contributed by atoms with Crippen molar-refractivity contribution in [3.05, 3.63) is 0 Å². The van der Waals surface area contributed by atoms with Crippen LogP contribution in [0.4, 0.5) is 4.39 Å². The summed E-state index contributed by atoms with van der Waals surface area (Å²) >= 11 is 0. The molecule has 0 unspecified atom stereocenters. The molecule has 0 spiro atoms. The fraction of sp³-hybridized carbons (Fsp3) is 1.00. The molecule has 0 radical (unpaired) electrons. The van der Waals surface area contributed by atoms with Crippen LogP contribution < -0.4 is 0 Å². The second-order valence-electron chi connectivity index (χ2n) is 3.69. The van der Waals surface area contributed by atoms with Gasteiger partial charge in [-0.05, 0) is 26.4 Å². The lowest BCUT2D eigenvalue weighted by Gasteiger charge is -2.25. The summed E-state index contributed by atoms with van der Waals surface area (Å²) in [5.74, 6) is 0. The van der Waals surface area contributed by atoms with Crippen LogP contribution in [0.15, 0.2) is 0 Å². The van der Waals surface area contributed by atoms with Gasteiger partial charge in [-0.2, -0.15) is 0 Å². The van der Waals surface area contributed by atoms with Gasteiger partial charge in [-0.1, -0.05) is 19.8 Å². The predicted octanol–water partition coefficient (Wildman–Crippen LogP) is 2.22. The van der Waals surface area contributed by atoms with Crippen molar-refractivity contribution in [3.8, 4) is 0 Å². The van der Waals surface area contributed by atoms with Gasteiger partial charge in [-0.15, -0.1) is 0 Å². The standard InChI is InChI=1S/C9H18FN/c1-3-11(2)8-9(10)6-4-5-7-9/h3-8H2,1-2H3. The number of rotatable bonds is 3. The van der Waals surface area contributed by atoms with E-state index in [2.05, 4.69) is 11.8 Å². The van der Waals surface area contributed by atoms with E-state index in [4.69, 9.17) is 0 Å². The molecule has 0 aromatic carbocycles. The van der Waals surface area contributed by atoms with E-state index in [1.165, 1.54) is 0 Å². The fourth-order valence-electron chi connectivity index (χ4n) is 1.76. The molecule has 0 saturated heterocycles. The van der Waals surface area contributed by atoms with Crippen LogP contribution in [0, 0.1) is 0 Å². The first-order valence-electron chi connectivity index (χ1n) is 4.54. The molecule has 0 N–H and O–H groups in total. The molecular formula is C9H18FN. The second kappa shape index (κ2) is 3.53. The Morgan fingerprint density at radius 3 is 2.36 bits per heavy atom. The van der Waals surface area contributed by atoms with Crippen molar-refractivity contribution in [2.24, 2.45) is 0 Å². The Balaban J connectivity index is 2.33. The molecular weight excluding hydrogens is 141 g/mol. The molecule has 0 aromatic rings. The van der Waals surface area contributed by atoms with E-state index in [1.54, 1.807) is 0 Å². The average Bonchev–Trinajstić information content (AvgIpc) is 2.36. The third kappa shape index (κ3) is 2.44. The maximum Gasteiger partial charge on any atom is 0.123 e. The number of halogens is 1. The van der Waals surface area contributed by atoms with Crippen molar-refractivity contribution in [3.63, 3.8) is 0 Å². The van der Waals surface area contributed by atoms with Gasteiger partial charge in [0.25, 0.3) is 0 Å². The summed E-state index contributed by atoms with van der Waals surface area (Å²) < 4.78 is 13.7. The van der Waals surface area contributed by atoms with Crippen molar-refractivity contribution in [1.29, 1.82) is 0 Å². The van der Waals surface area contributed by atoms with Crippen LogP contribution >= 0.6 is 0 Å². The van der Waals surface area contributed by atoms with Gasteiger partial charge in [0, 0.05) is 6.54 Å². The molecule has 1 saturated carbocycles. The van der Waals surface area contributed by atoms with E-state index < -0.39 is 5.67 Å². The summed E-state index contributed by atoms with van der Waals surface area (Å²) in [6.07, 6.45) is 3.71. The van der Waals surface area contributed by atoms with Crippen LogP contribution in [0.1, 0.15) is 32.6 Å². The summed E-state index contributed by atoms with van der Waals surface area (Å²) in [6.45, 7) is 3.65. The van der Waals surface area contributed by atoms with Gasteiger partial charge in [0.15, 0.2) is 0 Å². The molecule has 0 amide bonds. The third-order valence-electron chi connectivity index (χ3n) is 2.59. The molecule has 0 heterocycles. The van der Waals surface area contributed by atoms with Crippen molar-refractivity contribution in [1.82, 2.24) is 4.90 Å². The summed E-state index contributed by atoms with van der Waals surface area (Å²) in [5.41, 5.74) is -0.856. The lowest BCUT2D eigenvalue weighted by atomic mass is 10.0. The smallest absolute Gasteiger partial charge is 0.123 e. The van der Waals surface area contributed by atoms with Crippen LogP contribution in [-0.4, -0.2) is 30.7 Å². The monoisotopic (exact) mass is 159 g/mol. The second-order valence-corrected chi connectivity index (χ2v) is 3.69. The first-order valence-corrected chi connectivity index (χ1v) is 4.54. The van der Waals surface area contributed by atoms with Gasteiger partial charge in [0.05, 0.1) is 0 Å². The highest BCUT2D eigenvalue weighted by Crippen LogP contribution is 2.33. The number of alkyl halides is 1. The van der Waals surface area contributed by atoms with E-state index in [-0.39, 0.29) is 0 Å². The molecule has 0 bridgehead atoms. The lowest BCUT2D eigenvalue weighted by molar-refractivity contribution is 0.115. The molecule has 1 aliphatic rings. The van der Waals surface area contributed by atoms with Gasteiger partial charge in [-0.3, -0.25) is 0 Å². The normalized spacial score (nSPS) is 22.9. The van der Waals surface area contributed by atoms with E-state index in [0.717, 1.165) is 32.2 Å². The van der Waals surface area contributed by atoms with Crippen molar-refractivity contribution >= 4 is 0 Å². The molecule has 11 heavy (non-hydrogen) atoms. The third-order valence-corrected chi connectivity index (χ3v) is 2.59. The Labute approximate surface area is 68.6 Å². The summed E-state index contributed by atoms with van der Waals surface area (Å²) in [4.78, 5) is 2.06. The van der Waals surface area contributed by atoms with Crippen LogP contribution in [0.5, 0.6) is 0 Å². The zero-order valence-electron chi connectivity index (χ0n) is 7.57. The number of nitrogens with zero attached hydrogens (tertiary/aromatic N) is 1. The summed E-state index contributed by atoms with van der Waals surface area (Å²) in [6, 6.07) is 0. The van der Waals surface area contributed by atoms with Crippen LogP contribution in [0.25, 0.3) is 0 Å². The minimum atomic E-state index is -0.856. The molecule has 0 atom stereocenters. The molecule has 1 nitrogen and oxygen atoms in total. The zero-order valence-corrected chi connectivity index (χ0v) is 7.57. The topological polar surface area (TPSA) is 3.24 Å². The first-order chi connectivity index (χ1) is 5.16.